The van der Waals surface area contributed by atoms with Gasteiger partial charge in [0.25, 0.3) is 0 Å². The molecule has 3 aromatic rings. The Morgan fingerprint density at radius 3 is 2.41 bits per heavy atom. The van der Waals surface area contributed by atoms with Gasteiger partial charge in [-0.1, -0.05) is 47.7 Å². The molecular weight excluding hydrogens is 543 g/mol. The number of nitrogens with zero attached hydrogens (tertiary/aromatic N) is 3. The molecule has 37 heavy (non-hydrogen) atoms. The Morgan fingerprint density at radius 1 is 1.08 bits per heavy atom. The first-order valence-electron chi connectivity index (χ1n) is 12.2. The van der Waals surface area contributed by atoms with Gasteiger partial charge in [-0.05, 0) is 65.8 Å². The Hall–Kier alpha value is -2.34. The maximum absolute atomic E-state index is 12.5. The minimum Gasteiger partial charge on any atom is -0.305 e. The summed E-state index contributed by atoms with van der Waals surface area (Å²) in [7, 11) is 1.72. The van der Waals surface area contributed by atoms with Crippen molar-refractivity contribution in [2.24, 2.45) is 16.8 Å². The number of aromatic nitrogens is 2. The maximum Gasteiger partial charge on any atom is 0.231 e. The number of aliphatic imine (C=N–C) groups is 1. The summed E-state index contributed by atoms with van der Waals surface area (Å²) in [6, 6.07) is 7.83. The maximum atomic E-state index is 12.5. The second kappa shape index (κ2) is 13.5. The van der Waals surface area contributed by atoms with Crippen LogP contribution in [0.25, 0.3) is 0 Å². The van der Waals surface area contributed by atoms with E-state index in [4.69, 9.17) is 0 Å². The molecule has 0 aromatic carbocycles. The molecule has 1 fully saturated rings. The largest absolute Gasteiger partial charge is 0.305 e. The lowest BCUT2D eigenvalue weighted by molar-refractivity contribution is -0.119. The van der Waals surface area contributed by atoms with Crippen LogP contribution in [0, 0.1) is 11.8 Å². The molecule has 0 aliphatic heterocycles. The minimum atomic E-state index is -0.0628. The molecule has 2 atom stereocenters. The highest BCUT2D eigenvalue weighted by Crippen LogP contribution is 2.48. The minimum absolute atomic E-state index is 0.0390. The highest BCUT2D eigenvalue weighted by Gasteiger charge is 2.38. The summed E-state index contributed by atoms with van der Waals surface area (Å²) in [5.41, 5.74) is 1.33. The molecule has 0 spiro atoms. The van der Waals surface area contributed by atoms with Crippen LogP contribution in [0.4, 0.5) is 5.13 Å². The number of rotatable bonds is 11. The smallest absolute Gasteiger partial charge is 0.231 e. The molecule has 2 unspecified atom stereocenters. The zero-order chi connectivity index (χ0) is 26.2. The summed E-state index contributed by atoms with van der Waals surface area (Å²) < 4.78 is 0. The average molecular weight is 574 g/mol. The van der Waals surface area contributed by atoms with Gasteiger partial charge >= 0.3 is 0 Å². The van der Waals surface area contributed by atoms with E-state index in [1.54, 1.807) is 41.5 Å². The lowest BCUT2D eigenvalue weighted by atomic mass is 10.1. The molecule has 4 rings (SSSR count). The molecule has 1 aliphatic rings. The third-order valence-corrected chi connectivity index (χ3v) is 10.0. The summed E-state index contributed by atoms with van der Waals surface area (Å²) in [6.07, 6.45) is 4.68. The lowest BCUT2D eigenvalue weighted by Gasteiger charge is -2.13. The van der Waals surface area contributed by atoms with Gasteiger partial charge in [0, 0.05) is 23.2 Å². The summed E-state index contributed by atoms with van der Waals surface area (Å²) in [4.78, 5) is 32.4. The Balaban J connectivity index is 1.26. The lowest BCUT2D eigenvalue weighted by Crippen LogP contribution is -2.29. The second-order valence-corrected chi connectivity index (χ2v) is 13.2. The van der Waals surface area contributed by atoms with Gasteiger partial charge in [-0.25, -0.2) is 0 Å². The first kappa shape index (κ1) is 27.7. The van der Waals surface area contributed by atoms with Crippen molar-refractivity contribution in [3.8, 4) is 0 Å². The van der Waals surface area contributed by atoms with Gasteiger partial charge in [0.2, 0.25) is 16.9 Å². The predicted octanol–water partition coefficient (Wildman–Crippen LogP) is 6.17. The van der Waals surface area contributed by atoms with Crippen molar-refractivity contribution in [1.29, 1.82) is 0 Å². The standard InChI is InChI=1S/C26H31N5O2S4/c1-4-16(2)21(36-25(27-3)28-22(32)14-19-7-5-9-34-19)12-17-11-18(17)13-24-30-31-26(37-24)29-23(33)15-20-8-6-10-35-20/h5-10,17-18H,4,11-15H2,1-3H3,(H,27,28,32)(H,29,31,33). The van der Waals surface area contributed by atoms with Gasteiger partial charge in [0.15, 0.2) is 5.17 Å². The van der Waals surface area contributed by atoms with E-state index in [9.17, 15) is 9.59 Å². The van der Waals surface area contributed by atoms with Crippen LogP contribution in [0.1, 0.15) is 47.9 Å². The number of hydrogen-bond acceptors (Lipinski definition) is 9. The molecule has 7 nitrogen and oxygen atoms in total. The zero-order valence-electron chi connectivity index (χ0n) is 21.2. The van der Waals surface area contributed by atoms with Gasteiger partial charge in [-0.2, -0.15) is 0 Å². The van der Waals surface area contributed by atoms with Crippen molar-refractivity contribution >= 4 is 67.9 Å². The molecule has 2 N–H and O–H groups in total. The van der Waals surface area contributed by atoms with E-state index in [-0.39, 0.29) is 11.8 Å². The summed E-state index contributed by atoms with van der Waals surface area (Å²) in [5.74, 6) is 1.03. The van der Waals surface area contributed by atoms with Crippen molar-refractivity contribution in [3.63, 3.8) is 0 Å². The van der Waals surface area contributed by atoms with Crippen LogP contribution < -0.4 is 10.6 Å². The van der Waals surface area contributed by atoms with Crippen LogP contribution in [0.2, 0.25) is 0 Å². The number of nitrogens with one attached hydrogen (secondary N) is 2. The number of amidine groups is 1. The molecule has 0 saturated heterocycles. The fourth-order valence-corrected chi connectivity index (χ4v) is 7.23. The Kier molecular flexibility index (Phi) is 10.1. The number of amides is 2. The average Bonchev–Trinajstić information content (AvgIpc) is 3.34. The van der Waals surface area contributed by atoms with Crippen molar-refractivity contribution in [2.45, 2.75) is 52.4 Å². The number of thiophene rings is 2. The van der Waals surface area contributed by atoms with Gasteiger partial charge in [-0.3, -0.25) is 14.6 Å². The summed E-state index contributed by atoms with van der Waals surface area (Å²) in [6.45, 7) is 4.32. The number of thioether (sulfide) groups is 1. The Labute approximate surface area is 233 Å². The van der Waals surface area contributed by atoms with Crippen molar-refractivity contribution < 1.29 is 9.59 Å². The molecule has 196 valence electrons. The molecule has 2 amide bonds. The molecular formula is C26H31N5O2S4. The zero-order valence-corrected chi connectivity index (χ0v) is 24.4. The number of carbonyl (C=O) groups is 2. The van der Waals surface area contributed by atoms with Crippen LogP contribution in [0.15, 0.2) is 50.5 Å². The van der Waals surface area contributed by atoms with E-state index in [1.807, 2.05) is 35.0 Å². The highest BCUT2D eigenvalue weighted by molar-refractivity contribution is 8.17. The quantitative estimate of drug-likeness (QED) is 0.211. The first-order valence-corrected chi connectivity index (χ1v) is 15.6. The van der Waals surface area contributed by atoms with Gasteiger partial charge in [0.05, 0.1) is 12.8 Å². The number of hydrogen-bond donors (Lipinski definition) is 2. The van der Waals surface area contributed by atoms with Crippen LogP contribution in [-0.4, -0.2) is 34.2 Å². The predicted molar refractivity (Wildman–Crippen MR) is 157 cm³/mol. The fourth-order valence-electron chi connectivity index (χ4n) is 3.87. The third-order valence-electron chi connectivity index (χ3n) is 6.17. The van der Waals surface area contributed by atoms with E-state index in [1.165, 1.54) is 21.8 Å². The second-order valence-electron chi connectivity index (χ2n) is 8.96. The number of allylic oxidation sites excluding steroid dienone is 2. The summed E-state index contributed by atoms with van der Waals surface area (Å²) >= 11 is 6.20. The van der Waals surface area contributed by atoms with Crippen LogP contribution in [0.5, 0.6) is 0 Å². The molecule has 1 saturated carbocycles. The van der Waals surface area contributed by atoms with Crippen molar-refractivity contribution in [3.05, 3.63) is 60.3 Å². The number of anilines is 1. The fraction of sp³-hybridized carbons (Fsp3) is 0.423. The van der Waals surface area contributed by atoms with E-state index < -0.39 is 0 Å². The summed E-state index contributed by atoms with van der Waals surface area (Å²) in [5, 5.41) is 20.5. The topological polar surface area (TPSA) is 96.3 Å². The van der Waals surface area contributed by atoms with E-state index in [0.717, 1.165) is 40.4 Å². The third kappa shape index (κ3) is 8.59. The van der Waals surface area contributed by atoms with Crippen molar-refractivity contribution in [1.82, 2.24) is 15.5 Å². The molecule has 0 bridgehead atoms. The van der Waals surface area contributed by atoms with Crippen LogP contribution >= 0.6 is 45.8 Å². The Bertz CT molecular complexity index is 1250. The highest BCUT2D eigenvalue weighted by atomic mass is 32.2. The van der Waals surface area contributed by atoms with Gasteiger partial charge in [0.1, 0.15) is 5.01 Å². The number of carbonyl (C=O) groups excluding carboxylic acids is 2. The molecule has 11 heteroatoms. The van der Waals surface area contributed by atoms with E-state index in [0.29, 0.717) is 35.0 Å². The van der Waals surface area contributed by atoms with Gasteiger partial charge in [-0.15, -0.1) is 32.9 Å². The van der Waals surface area contributed by atoms with Crippen molar-refractivity contribution in [2.75, 3.05) is 12.4 Å². The van der Waals surface area contributed by atoms with E-state index >= 15 is 0 Å². The first-order chi connectivity index (χ1) is 17.9. The molecule has 0 radical (unpaired) electrons. The molecule has 3 aromatic heterocycles. The molecule has 1 aliphatic carbocycles. The molecule has 3 heterocycles. The van der Waals surface area contributed by atoms with E-state index in [2.05, 4.69) is 39.7 Å². The normalized spacial score (nSPS) is 17.9. The van der Waals surface area contributed by atoms with Crippen LogP contribution in [0.3, 0.4) is 0 Å². The Morgan fingerprint density at radius 2 is 1.78 bits per heavy atom. The SMILES string of the molecule is CCC(C)=C(CC1CC1Cc1nnc(NC(=O)Cc2cccs2)s1)SC(=NC)NC(=O)Cc1cccs1. The monoisotopic (exact) mass is 573 g/mol. The van der Waals surface area contributed by atoms with Gasteiger partial charge < -0.3 is 10.6 Å². The van der Waals surface area contributed by atoms with Crippen LogP contribution in [-0.2, 0) is 28.9 Å².